The molecule has 230 valence electrons. The minimum Gasteiger partial charge on any atom is -0.494 e. The van der Waals surface area contributed by atoms with Gasteiger partial charge in [-0.15, -0.1) is 0 Å². The third-order valence-corrected chi connectivity index (χ3v) is 8.24. The van der Waals surface area contributed by atoms with Crippen LogP contribution in [0.2, 0.25) is 0 Å². The molecule has 3 aromatic rings. The minimum atomic E-state index is -3.05. The maximum absolute atomic E-state index is 13.7. The van der Waals surface area contributed by atoms with Gasteiger partial charge in [0, 0.05) is 24.4 Å². The molecular weight excluding hydrogens is 568 g/mol. The molecule has 0 spiro atoms. The van der Waals surface area contributed by atoms with E-state index in [-0.39, 0.29) is 24.2 Å². The Morgan fingerprint density at radius 1 is 1.09 bits per heavy atom. The van der Waals surface area contributed by atoms with Crippen molar-refractivity contribution < 1.29 is 32.6 Å². The Morgan fingerprint density at radius 2 is 1.79 bits per heavy atom. The third-order valence-electron chi connectivity index (χ3n) is 7.21. The minimum absolute atomic E-state index is 0.0437. The lowest BCUT2D eigenvalue weighted by atomic mass is 9.89. The summed E-state index contributed by atoms with van der Waals surface area (Å²) in [6.07, 6.45) is 3.91. The molecule has 2 N–H and O–H groups in total. The highest BCUT2D eigenvalue weighted by Crippen LogP contribution is 2.46. The van der Waals surface area contributed by atoms with Crippen LogP contribution in [0.4, 0.5) is 5.69 Å². The summed E-state index contributed by atoms with van der Waals surface area (Å²) in [5.41, 5.74) is 5.50. The van der Waals surface area contributed by atoms with Crippen molar-refractivity contribution in [2.45, 2.75) is 65.5 Å². The molecule has 43 heavy (non-hydrogen) atoms. The summed E-state index contributed by atoms with van der Waals surface area (Å²) in [7, 11) is -3.05. The molecule has 0 radical (unpaired) electrons. The number of aromatic nitrogens is 1. The summed E-state index contributed by atoms with van der Waals surface area (Å²) < 4.78 is 34.6. The van der Waals surface area contributed by atoms with Crippen molar-refractivity contribution in [3.63, 3.8) is 0 Å². The lowest BCUT2D eigenvalue weighted by Gasteiger charge is -2.23. The Labute approximate surface area is 253 Å². The molecule has 0 bridgehead atoms. The molecule has 1 aromatic heterocycles. The van der Waals surface area contributed by atoms with Crippen LogP contribution in [0.1, 0.15) is 72.3 Å². The molecule has 1 aliphatic carbocycles. The standard InChI is InChI=1S/C33H40N2O7S/c1-20-15-24(41-13-8-14-43(6,39)40)16-21(2)29(20)25-10-7-9-22(30(25)32(38)42-33(3,4)5)18-34-23-11-12-28(35-19-23)26-17-27(26)31(36)37/h7,9-12,15-16,19,26-27,34H,8,13-14,17-18H2,1-6H3,(H,36,37)/t26-,27-/m0/s1. The maximum Gasteiger partial charge on any atom is 0.339 e. The first-order valence-electron chi connectivity index (χ1n) is 14.3. The van der Waals surface area contributed by atoms with E-state index in [2.05, 4.69) is 10.3 Å². The molecule has 0 saturated heterocycles. The number of aliphatic carboxylic acids is 1. The second-order valence-corrected chi connectivity index (χ2v) is 14.5. The van der Waals surface area contributed by atoms with Gasteiger partial charge < -0.3 is 19.9 Å². The Kier molecular flexibility index (Phi) is 9.49. The van der Waals surface area contributed by atoms with Gasteiger partial charge >= 0.3 is 11.9 Å². The second-order valence-electron chi connectivity index (χ2n) is 12.2. The van der Waals surface area contributed by atoms with Crippen molar-refractivity contribution in [2.75, 3.05) is 23.9 Å². The van der Waals surface area contributed by atoms with E-state index in [1.807, 2.05) is 77.1 Å². The van der Waals surface area contributed by atoms with Crippen LogP contribution in [0.15, 0.2) is 48.7 Å². The normalized spacial score (nSPS) is 16.4. The average Bonchev–Trinajstić information content (AvgIpc) is 3.70. The quantitative estimate of drug-likeness (QED) is 0.190. The van der Waals surface area contributed by atoms with E-state index in [1.165, 1.54) is 6.26 Å². The number of nitrogens with one attached hydrogen (secondary N) is 1. The number of anilines is 1. The van der Waals surface area contributed by atoms with E-state index in [0.29, 0.717) is 30.7 Å². The summed E-state index contributed by atoms with van der Waals surface area (Å²) in [4.78, 5) is 29.3. The van der Waals surface area contributed by atoms with Crippen molar-refractivity contribution in [3.8, 4) is 16.9 Å². The number of carboxylic acid groups (broad SMARTS) is 1. The van der Waals surface area contributed by atoms with E-state index in [9.17, 15) is 23.1 Å². The largest absolute Gasteiger partial charge is 0.494 e. The van der Waals surface area contributed by atoms with Crippen LogP contribution in [0.25, 0.3) is 11.1 Å². The average molecular weight is 609 g/mol. The number of carbonyl (C=O) groups is 2. The van der Waals surface area contributed by atoms with Gasteiger partial charge in [0.2, 0.25) is 0 Å². The molecule has 1 fully saturated rings. The monoisotopic (exact) mass is 608 g/mol. The van der Waals surface area contributed by atoms with Crippen molar-refractivity contribution in [3.05, 3.63) is 76.6 Å². The molecule has 1 saturated carbocycles. The van der Waals surface area contributed by atoms with E-state index < -0.39 is 27.4 Å². The van der Waals surface area contributed by atoms with Crippen molar-refractivity contribution >= 4 is 27.5 Å². The van der Waals surface area contributed by atoms with Crippen LogP contribution >= 0.6 is 0 Å². The van der Waals surface area contributed by atoms with Gasteiger partial charge in [0.15, 0.2) is 0 Å². The van der Waals surface area contributed by atoms with Crippen LogP contribution < -0.4 is 10.1 Å². The molecule has 1 aliphatic rings. The second kappa shape index (κ2) is 12.8. The number of carboxylic acids is 1. The first-order valence-corrected chi connectivity index (χ1v) is 16.4. The molecule has 0 amide bonds. The van der Waals surface area contributed by atoms with E-state index >= 15 is 0 Å². The van der Waals surface area contributed by atoms with Gasteiger partial charge in [0.1, 0.15) is 21.2 Å². The molecule has 4 rings (SSSR count). The van der Waals surface area contributed by atoms with Gasteiger partial charge in [-0.25, -0.2) is 13.2 Å². The number of hydrogen-bond donors (Lipinski definition) is 2. The third kappa shape index (κ3) is 8.56. The number of esters is 1. The van der Waals surface area contributed by atoms with Gasteiger partial charge in [0.25, 0.3) is 0 Å². The fourth-order valence-electron chi connectivity index (χ4n) is 5.19. The summed E-state index contributed by atoms with van der Waals surface area (Å²) in [6.45, 7) is 10.0. The zero-order valence-electron chi connectivity index (χ0n) is 25.6. The number of carbonyl (C=O) groups excluding carboxylic acids is 1. The predicted octanol–water partition coefficient (Wildman–Crippen LogP) is 5.93. The molecular formula is C33H40N2O7S. The highest BCUT2D eigenvalue weighted by molar-refractivity contribution is 7.90. The van der Waals surface area contributed by atoms with Crippen molar-refractivity contribution in [2.24, 2.45) is 5.92 Å². The highest BCUT2D eigenvalue weighted by atomic mass is 32.2. The molecule has 2 atom stereocenters. The Bertz CT molecular complexity index is 1590. The zero-order chi connectivity index (χ0) is 31.5. The summed E-state index contributed by atoms with van der Waals surface area (Å²) in [5.74, 6) is -0.923. The van der Waals surface area contributed by atoms with E-state index in [0.717, 1.165) is 39.2 Å². The number of aryl methyl sites for hydroxylation is 2. The maximum atomic E-state index is 13.7. The number of sulfone groups is 1. The number of hydrogen-bond acceptors (Lipinski definition) is 8. The van der Waals surface area contributed by atoms with Gasteiger partial charge in [-0.3, -0.25) is 9.78 Å². The predicted molar refractivity (Wildman–Crippen MR) is 166 cm³/mol. The zero-order valence-corrected chi connectivity index (χ0v) is 26.4. The number of nitrogens with zero attached hydrogens (tertiary/aromatic N) is 1. The van der Waals surface area contributed by atoms with E-state index in [4.69, 9.17) is 9.47 Å². The van der Waals surface area contributed by atoms with Gasteiger partial charge in [-0.1, -0.05) is 18.2 Å². The number of ether oxygens (including phenoxy) is 2. The van der Waals surface area contributed by atoms with E-state index in [1.54, 1.807) is 6.20 Å². The first-order chi connectivity index (χ1) is 20.1. The van der Waals surface area contributed by atoms with Crippen LogP contribution in [-0.2, 0) is 25.9 Å². The van der Waals surface area contributed by atoms with Crippen LogP contribution in [0.5, 0.6) is 5.75 Å². The van der Waals surface area contributed by atoms with Crippen LogP contribution in [0.3, 0.4) is 0 Å². The fraction of sp³-hybridized carbons (Fsp3) is 0.424. The van der Waals surface area contributed by atoms with Crippen molar-refractivity contribution in [1.82, 2.24) is 4.98 Å². The topological polar surface area (TPSA) is 132 Å². The Balaban J connectivity index is 1.60. The van der Waals surface area contributed by atoms with Gasteiger partial charge in [-0.05, 0) is 99.5 Å². The van der Waals surface area contributed by atoms with Crippen molar-refractivity contribution in [1.29, 1.82) is 0 Å². The number of benzene rings is 2. The van der Waals surface area contributed by atoms with Gasteiger partial charge in [-0.2, -0.15) is 0 Å². The molecule has 0 unspecified atom stereocenters. The fourth-order valence-corrected chi connectivity index (χ4v) is 5.83. The SMILES string of the molecule is Cc1cc(OCCCS(C)(=O)=O)cc(C)c1-c1cccc(CNc2ccc([C@H]3C[C@@H]3C(=O)O)nc2)c1C(=O)OC(C)(C)C. The number of rotatable bonds is 12. The highest BCUT2D eigenvalue weighted by Gasteiger charge is 2.45. The Hall–Kier alpha value is -3.92. The molecule has 0 aliphatic heterocycles. The molecule has 9 nitrogen and oxygen atoms in total. The van der Waals surface area contributed by atoms with Crippen LogP contribution in [-0.4, -0.2) is 54.7 Å². The Morgan fingerprint density at radius 3 is 2.35 bits per heavy atom. The lowest BCUT2D eigenvalue weighted by Crippen LogP contribution is -2.25. The van der Waals surface area contributed by atoms with Crippen LogP contribution in [0, 0.1) is 19.8 Å². The number of pyridine rings is 1. The summed E-state index contributed by atoms with van der Waals surface area (Å²) >= 11 is 0. The molecule has 2 aromatic carbocycles. The first kappa shape index (κ1) is 32.0. The summed E-state index contributed by atoms with van der Waals surface area (Å²) in [5, 5.41) is 12.6. The molecule has 10 heteroatoms. The lowest BCUT2D eigenvalue weighted by molar-refractivity contribution is -0.138. The summed E-state index contributed by atoms with van der Waals surface area (Å²) in [6, 6.07) is 13.2. The smallest absolute Gasteiger partial charge is 0.339 e. The molecule has 1 heterocycles. The van der Waals surface area contributed by atoms with Gasteiger partial charge in [0.05, 0.1) is 35.7 Å².